The number of alkyl halides is 3. The zero-order chi connectivity index (χ0) is 12.2. The zero-order valence-corrected chi connectivity index (χ0v) is 12.0. The molecule has 0 fully saturated rings. The molecule has 0 radical (unpaired) electrons. The minimum atomic E-state index is -1.57. The molecular weight excluding hydrogens is 309 g/mol. The van der Waals surface area contributed by atoms with Gasteiger partial charge in [0.15, 0.2) is 5.16 Å². The van der Waals surface area contributed by atoms with Gasteiger partial charge in [-0.2, -0.15) is 5.26 Å². The number of hydrogen-bond donors (Lipinski definition) is 0. The summed E-state index contributed by atoms with van der Waals surface area (Å²) in [5, 5.41) is 11.0. The highest BCUT2D eigenvalue weighted by atomic mass is 35.6. The Bertz CT molecular complexity index is 414. The lowest BCUT2D eigenvalue weighted by Gasteiger charge is -2.12. The number of nitriles is 1. The first-order valence-electron chi connectivity index (χ1n) is 3.97. The summed E-state index contributed by atoms with van der Waals surface area (Å²) in [6, 6.07) is 1.59. The van der Waals surface area contributed by atoms with Crippen molar-refractivity contribution in [3.05, 3.63) is 17.5 Å². The Morgan fingerprint density at radius 1 is 1.44 bits per heavy atom. The molecule has 0 spiro atoms. The molecule has 0 unspecified atom stereocenters. The molecule has 16 heavy (non-hydrogen) atoms. The van der Waals surface area contributed by atoms with Gasteiger partial charge in [-0.25, -0.2) is 9.97 Å². The monoisotopic (exact) mass is 313 g/mol. The molecule has 0 aromatic carbocycles. The summed E-state index contributed by atoms with van der Waals surface area (Å²) in [6.07, 6.45) is 1.83. The van der Waals surface area contributed by atoms with E-state index in [1.54, 1.807) is 6.07 Å². The van der Waals surface area contributed by atoms with E-state index < -0.39 is 3.79 Å². The summed E-state index contributed by atoms with van der Waals surface area (Å²) < 4.78 is -1.57. The summed E-state index contributed by atoms with van der Waals surface area (Å²) in [4.78, 5) is 8.30. The van der Waals surface area contributed by atoms with Gasteiger partial charge in [0.2, 0.25) is 3.79 Å². The van der Waals surface area contributed by atoms with Gasteiger partial charge in [0.05, 0.1) is 17.1 Å². The number of thiocyanates is 1. The number of halogens is 3. The van der Waals surface area contributed by atoms with Crippen molar-refractivity contribution < 1.29 is 0 Å². The Morgan fingerprint density at radius 2 is 2.12 bits per heavy atom. The van der Waals surface area contributed by atoms with Gasteiger partial charge in [-0.1, -0.05) is 46.6 Å². The summed E-state index contributed by atoms with van der Waals surface area (Å²) in [7, 11) is 0. The van der Waals surface area contributed by atoms with Crippen molar-refractivity contribution in [2.24, 2.45) is 0 Å². The van der Waals surface area contributed by atoms with Crippen LogP contribution in [-0.2, 0) is 9.55 Å². The van der Waals surface area contributed by atoms with Crippen LogP contribution in [0, 0.1) is 10.7 Å². The molecule has 0 saturated carbocycles. The number of thioether (sulfide) groups is 2. The van der Waals surface area contributed by atoms with Crippen molar-refractivity contribution in [2.45, 2.75) is 14.7 Å². The second-order valence-corrected chi connectivity index (χ2v) is 6.42. The van der Waals surface area contributed by atoms with Gasteiger partial charge in [-0.05, 0) is 24.1 Å². The molecule has 86 valence electrons. The fraction of sp³-hybridized carbons (Fsp3) is 0.375. The Balaban J connectivity index is 3.07. The molecule has 0 atom stereocenters. The number of nitrogens with zero attached hydrogens (tertiary/aromatic N) is 3. The first-order valence-corrected chi connectivity index (χ1v) is 7.32. The fourth-order valence-electron chi connectivity index (χ4n) is 0.890. The molecule has 0 amide bonds. The topological polar surface area (TPSA) is 49.6 Å². The van der Waals surface area contributed by atoms with E-state index in [1.165, 1.54) is 11.8 Å². The van der Waals surface area contributed by atoms with Crippen LogP contribution in [0.2, 0.25) is 0 Å². The second kappa shape index (κ2) is 6.18. The molecule has 1 rings (SSSR count). The van der Waals surface area contributed by atoms with Gasteiger partial charge in [0, 0.05) is 0 Å². The van der Waals surface area contributed by atoms with Crippen LogP contribution in [0.4, 0.5) is 0 Å². The van der Waals surface area contributed by atoms with E-state index in [0.29, 0.717) is 22.3 Å². The van der Waals surface area contributed by atoms with Gasteiger partial charge in [-0.15, -0.1) is 0 Å². The van der Waals surface area contributed by atoms with Crippen LogP contribution in [0.3, 0.4) is 0 Å². The van der Waals surface area contributed by atoms with E-state index in [4.69, 9.17) is 40.1 Å². The first kappa shape index (κ1) is 14.2. The lowest BCUT2D eigenvalue weighted by atomic mass is 10.3. The van der Waals surface area contributed by atoms with Crippen LogP contribution in [0.1, 0.15) is 11.4 Å². The quantitative estimate of drug-likeness (QED) is 0.368. The molecular formula is C8H6Cl3N3S2. The Hall–Kier alpha value is 0.140. The molecule has 0 aliphatic carbocycles. The van der Waals surface area contributed by atoms with E-state index in [9.17, 15) is 0 Å². The maximum absolute atomic E-state index is 8.47. The summed E-state index contributed by atoms with van der Waals surface area (Å²) >= 11 is 19.7. The Labute approximate surface area is 117 Å². The highest BCUT2D eigenvalue weighted by molar-refractivity contribution is 8.03. The minimum absolute atomic E-state index is 0.324. The van der Waals surface area contributed by atoms with E-state index in [2.05, 4.69) is 9.97 Å². The number of hydrogen-bond acceptors (Lipinski definition) is 5. The Morgan fingerprint density at radius 3 is 2.62 bits per heavy atom. The zero-order valence-electron chi connectivity index (χ0n) is 8.08. The third-order valence-electron chi connectivity index (χ3n) is 1.52. The Kier molecular flexibility index (Phi) is 5.48. The van der Waals surface area contributed by atoms with E-state index in [1.807, 2.05) is 11.7 Å². The summed E-state index contributed by atoms with van der Waals surface area (Å²) in [5.41, 5.74) is 0.998. The number of rotatable bonds is 3. The highest BCUT2D eigenvalue weighted by Gasteiger charge is 2.26. The normalized spacial score (nSPS) is 11.2. The summed E-state index contributed by atoms with van der Waals surface area (Å²) in [5.74, 6) is 0.445. The molecule has 0 bridgehead atoms. The third-order valence-corrected chi connectivity index (χ3v) is 3.21. The molecule has 0 N–H and O–H groups in total. The van der Waals surface area contributed by atoms with Crippen LogP contribution in [-0.4, -0.2) is 16.2 Å². The minimum Gasteiger partial charge on any atom is -0.227 e. The van der Waals surface area contributed by atoms with Gasteiger partial charge < -0.3 is 0 Å². The van der Waals surface area contributed by atoms with Crippen molar-refractivity contribution in [3.8, 4) is 5.40 Å². The fourth-order valence-corrected chi connectivity index (χ4v) is 1.94. The largest absolute Gasteiger partial charge is 0.232 e. The average Bonchev–Trinajstić information content (AvgIpc) is 2.24. The second-order valence-electron chi connectivity index (χ2n) is 2.61. The molecule has 1 aromatic rings. The van der Waals surface area contributed by atoms with Crippen LogP contribution < -0.4 is 0 Å². The maximum Gasteiger partial charge on any atom is 0.232 e. The van der Waals surface area contributed by atoms with Crippen molar-refractivity contribution in [1.29, 1.82) is 5.26 Å². The first-order chi connectivity index (χ1) is 7.47. The lowest BCUT2D eigenvalue weighted by molar-refractivity contribution is 0.874. The molecule has 1 heterocycles. The van der Waals surface area contributed by atoms with E-state index >= 15 is 0 Å². The van der Waals surface area contributed by atoms with E-state index in [0.717, 1.165) is 11.8 Å². The summed E-state index contributed by atoms with van der Waals surface area (Å²) in [6.45, 7) is 0. The van der Waals surface area contributed by atoms with Crippen LogP contribution in [0.15, 0.2) is 11.2 Å². The van der Waals surface area contributed by atoms with Gasteiger partial charge >= 0.3 is 0 Å². The van der Waals surface area contributed by atoms with E-state index in [-0.39, 0.29) is 0 Å². The van der Waals surface area contributed by atoms with Crippen molar-refractivity contribution >= 4 is 58.3 Å². The van der Waals surface area contributed by atoms with Crippen LogP contribution in [0.25, 0.3) is 0 Å². The maximum atomic E-state index is 8.47. The molecule has 1 aromatic heterocycles. The molecule has 0 aliphatic rings. The molecule has 0 aliphatic heterocycles. The van der Waals surface area contributed by atoms with Crippen molar-refractivity contribution in [2.75, 3.05) is 6.26 Å². The van der Waals surface area contributed by atoms with Gasteiger partial charge in [-0.3, -0.25) is 0 Å². The standard InChI is InChI=1S/C8H6Cl3N3S2/c1-15-7-13-5(3-16-4-12)2-6(14-7)8(9,10)11/h2H,3H2,1H3. The molecule has 3 nitrogen and oxygen atoms in total. The average molecular weight is 315 g/mol. The van der Waals surface area contributed by atoms with Crippen molar-refractivity contribution in [3.63, 3.8) is 0 Å². The third kappa shape index (κ3) is 4.19. The van der Waals surface area contributed by atoms with Gasteiger partial charge in [0.1, 0.15) is 5.40 Å². The molecule has 8 heteroatoms. The van der Waals surface area contributed by atoms with Gasteiger partial charge in [0.25, 0.3) is 0 Å². The van der Waals surface area contributed by atoms with Crippen molar-refractivity contribution in [1.82, 2.24) is 9.97 Å². The van der Waals surface area contributed by atoms with Crippen LogP contribution >= 0.6 is 58.3 Å². The molecule has 0 saturated heterocycles. The predicted molar refractivity (Wildman–Crippen MR) is 70.0 cm³/mol. The van der Waals surface area contributed by atoms with Crippen LogP contribution in [0.5, 0.6) is 0 Å². The predicted octanol–water partition coefficient (Wildman–Crippen LogP) is 3.74. The smallest absolute Gasteiger partial charge is 0.227 e. The SMILES string of the molecule is CSc1nc(CSC#N)cc(C(Cl)(Cl)Cl)n1. The highest BCUT2D eigenvalue weighted by Crippen LogP contribution is 2.37. The lowest BCUT2D eigenvalue weighted by Crippen LogP contribution is -2.07. The number of aromatic nitrogens is 2.